The van der Waals surface area contributed by atoms with E-state index in [1.165, 1.54) is 23.5 Å². The number of thioether (sulfide) groups is 2. The molecule has 1 aliphatic heterocycles. The molecule has 0 aliphatic carbocycles. The van der Waals surface area contributed by atoms with Crippen LogP contribution in [0.4, 0.5) is 0 Å². The van der Waals surface area contributed by atoms with Crippen LogP contribution in [-0.4, -0.2) is 25.1 Å². The lowest BCUT2D eigenvalue weighted by atomic mass is 10.1. The van der Waals surface area contributed by atoms with Gasteiger partial charge in [-0.25, -0.2) is 4.98 Å². The van der Waals surface area contributed by atoms with E-state index in [9.17, 15) is 0 Å². The van der Waals surface area contributed by atoms with Crippen molar-refractivity contribution in [1.82, 2.24) is 9.55 Å². The van der Waals surface area contributed by atoms with Gasteiger partial charge in [0.2, 0.25) is 0 Å². The molecule has 2 aromatic rings. The molecular formula is C15H17BrN2S2. The van der Waals surface area contributed by atoms with E-state index >= 15 is 0 Å². The number of halogens is 1. The van der Waals surface area contributed by atoms with Crippen LogP contribution in [0, 0.1) is 0 Å². The van der Waals surface area contributed by atoms with Crippen LogP contribution in [0.25, 0.3) is 0 Å². The van der Waals surface area contributed by atoms with Gasteiger partial charge >= 0.3 is 0 Å². The van der Waals surface area contributed by atoms with Crippen LogP contribution in [0.15, 0.2) is 47.5 Å². The maximum Gasteiger partial charge on any atom is 0.0946 e. The summed E-state index contributed by atoms with van der Waals surface area (Å²) in [6.07, 6.45) is 8.22. The van der Waals surface area contributed by atoms with E-state index in [1.54, 1.807) is 0 Å². The number of aryl methyl sites for hydroxylation is 1. The van der Waals surface area contributed by atoms with Crippen LogP contribution in [-0.2, 0) is 13.0 Å². The molecule has 1 saturated heterocycles. The molecule has 0 amide bonds. The number of rotatable bonds is 5. The van der Waals surface area contributed by atoms with E-state index in [-0.39, 0.29) is 0 Å². The van der Waals surface area contributed by atoms with E-state index in [2.05, 4.69) is 79.5 Å². The second kappa shape index (κ2) is 6.58. The highest BCUT2D eigenvalue weighted by molar-refractivity contribution is 9.10. The van der Waals surface area contributed by atoms with Crippen LogP contribution in [0.2, 0.25) is 0 Å². The van der Waals surface area contributed by atoms with E-state index in [0.29, 0.717) is 4.08 Å². The van der Waals surface area contributed by atoms with Crippen molar-refractivity contribution in [3.63, 3.8) is 0 Å². The second-order valence-corrected chi connectivity index (χ2v) is 9.10. The van der Waals surface area contributed by atoms with Gasteiger partial charge in [-0.15, -0.1) is 23.5 Å². The Balaban J connectivity index is 1.66. The fourth-order valence-electron chi connectivity index (χ4n) is 2.46. The summed E-state index contributed by atoms with van der Waals surface area (Å²) in [5.74, 6) is 2.53. The molecule has 0 saturated carbocycles. The standard InChI is InChI=1S/C15H17BrN2S2/c16-14-3-1-13(2-4-14)5-6-15(19-9-10-20-15)11-18-8-7-17-12-18/h1-4,7-8,12H,5-6,9-11H2. The van der Waals surface area contributed by atoms with Gasteiger partial charge in [-0.05, 0) is 30.5 Å². The molecule has 1 aromatic heterocycles. The van der Waals surface area contributed by atoms with Crippen molar-refractivity contribution in [2.45, 2.75) is 23.5 Å². The molecule has 3 rings (SSSR count). The van der Waals surface area contributed by atoms with Gasteiger partial charge < -0.3 is 4.57 Å². The average molecular weight is 369 g/mol. The van der Waals surface area contributed by atoms with E-state index in [0.717, 1.165) is 17.4 Å². The van der Waals surface area contributed by atoms with E-state index in [4.69, 9.17) is 0 Å². The second-order valence-electron chi connectivity index (χ2n) is 4.97. The van der Waals surface area contributed by atoms with Crippen molar-refractivity contribution >= 4 is 39.5 Å². The number of benzene rings is 1. The van der Waals surface area contributed by atoms with Gasteiger partial charge in [0.05, 0.1) is 10.4 Å². The molecule has 1 aliphatic rings. The number of aromatic nitrogens is 2. The maximum atomic E-state index is 4.16. The summed E-state index contributed by atoms with van der Waals surface area (Å²) in [4.78, 5) is 4.16. The van der Waals surface area contributed by atoms with Crippen molar-refractivity contribution in [2.75, 3.05) is 11.5 Å². The van der Waals surface area contributed by atoms with Crippen LogP contribution in [0.5, 0.6) is 0 Å². The normalized spacial score (nSPS) is 17.4. The zero-order chi connectivity index (χ0) is 13.8. The fraction of sp³-hybridized carbons (Fsp3) is 0.400. The molecule has 1 aromatic carbocycles. The summed E-state index contributed by atoms with van der Waals surface area (Å²) < 4.78 is 3.68. The Labute approximate surface area is 136 Å². The molecule has 0 spiro atoms. The summed E-state index contributed by atoms with van der Waals surface area (Å²) in [7, 11) is 0. The van der Waals surface area contributed by atoms with E-state index < -0.39 is 0 Å². The van der Waals surface area contributed by atoms with Crippen molar-refractivity contribution in [3.05, 3.63) is 53.0 Å². The molecule has 2 nitrogen and oxygen atoms in total. The summed E-state index contributed by atoms with van der Waals surface area (Å²) in [6.45, 7) is 1.05. The minimum atomic E-state index is 0.313. The third-order valence-corrected chi connectivity index (χ3v) is 7.53. The predicted octanol–water partition coefficient (Wildman–Crippen LogP) is 4.45. The average Bonchev–Trinajstić information content (AvgIpc) is 3.11. The molecular weight excluding hydrogens is 352 g/mol. The van der Waals surface area contributed by atoms with Crippen molar-refractivity contribution in [3.8, 4) is 0 Å². The fourth-order valence-corrected chi connectivity index (χ4v) is 5.94. The minimum absolute atomic E-state index is 0.313. The van der Waals surface area contributed by atoms with Crippen LogP contribution in [0.3, 0.4) is 0 Å². The van der Waals surface area contributed by atoms with Gasteiger partial charge in [0.15, 0.2) is 0 Å². The molecule has 0 radical (unpaired) electrons. The third kappa shape index (κ3) is 3.62. The lowest BCUT2D eigenvalue weighted by Gasteiger charge is -2.27. The van der Waals surface area contributed by atoms with Crippen molar-refractivity contribution in [1.29, 1.82) is 0 Å². The highest BCUT2D eigenvalue weighted by Crippen LogP contribution is 2.48. The van der Waals surface area contributed by atoms with Gasteiger partial charge in [0, 0.05) is 34.9 Å². The van der Waals surface area contributed by atoms with Crippen molar-refractivity contribution < 1.29 is 0 Å². The first kappa shape index (κ1) is 14.5. The Kier molecular flexibility index (Phi) is 4.79. The smallest absolute Gasteiger partial charge is 0.0946 e. The number of hydrogen-bond acceptors (Lipinski definition) is 3. The minimum Gasteiger partial charge on any atom is -0.335 e. The molecule has 106 valence electrons. The SMILES string of the molecule is Brc1ccc(CCC2(Cn3ccnc3)SCCS2)cc1. The molecule has 0 N–H and O–H groups in total. The van der Waals surface area contributed by atoms with Gasteiger partial charge in [-0.2, -0.15) is 0 Å². The third-order valence-electron chi connectivity index (χ3n) is 3.50. The first-order chi connectivity index (χ1) is 9.76. The first-order valence-electron chi connectivity index (χ1n) is 6.74. The van der Waals surface area contributed by atoms with Gasteiger partial charge in [0.25, 0.3) is 0 Å². The molecule has 20 heavy (non-hydrogen) atoms. The number of nitrogens with zero attached hydrogens (tertiary/aromatic N) is 2. The van der Waals surface area contributed by atoms with Crippen molar-refractivity contribution in [2.24, 2.45) is 0 Å². The molecule has 1 fully saturated rings. The van der Waals surface area contributed by atoms with Crippen LogP contribution < -0.4 is 0 Å². The summed E-state index contributed by atoms with van der Waals surface area (Å²) in [5.41, 5.74) is 1.42. The van der Waals surface area contributed by atoms with Gasteiger partial charge in [0.1, 0.15) is 0 Å². The highest BCUT2D eigenvalue weighted by atomic mass is 79.9. The summed E-state index contributed by atoms with van der Waals surface area (Å²) in [5, 5.41) is 0. The van der Waals surface area contributed by atoms with Crippen LogP contribution >= 0.6 is 39.5 Å². The summed E-state index contributed by atoms with van der Waals surface area (Å²) >= 11 is 7.73. The Morgan fingerprint density at radius 1 is 1.20 bits per heavy atom. The van der Waals surface area contributed by atoms with E-state index in [1.807, 2.05) is 12.5 Å². The molecule has 0 bridgehead atoms. The zero-order valence-corrected chi connectivity index (χ0v) is 14.4. The molecule has 0 atom stereocenters. The predicted molar refractivity (Wildman–Crippen MR) is 92.3 cm³/mol. The Bertz CT molecular complexity index is 534. The van der Waals surface area contributed by atoms with Gasteiger partial charge in [-0.3, -0.25) is 0 Å². The first-order valence-corrected chi connectivity index (χ1v) is 9.50. The summed E-state index contributed by atoms with van der Waals surface area (Å²) in [6, 6.07) is 8.71. The molecule has 5 heteroatoms. The molecule has 0 unspecified atom stereocenters. The maximum absolute atomic E-state index is 4.16. The number of hydrogen-bond donors (Lipinski definition) is 0. The van der Waals surface area contributed by atoms with Crippen LogP contribution in [0.1, 0.15) is 12.0 Å². The lowest BCUT2D eigenvalue weighted by Crippen LogP contribution is -2.25. The number of imidazole rings is 1. The quantitative estimate of drug-likeness (QED) is 0.775. The molecule has 2 heterocycles. The zero-order valence-electron chi connectivity index (χ0n) is 11.2. The monoisotopic (exact) mass is 368 g/mol. The topological polar surface area (TPSA) is 17.8 Å². The largest absolute Gasteiger partial charge is 0.335 e. The lowest BCUT2D eigenvalue weighted by molar-refractivity contribution is 0.592. The Morgan fingerprint density at radius 3 is 2.60 bits per heavy atom. The Hall–Kier alpha value is -0.390. The Morgan fingerprint density at radius 2 is 1.95 bits per heavy atom. The highest BCUT2D eigenvalue weighted by Gasteiger charge is 2.35. The van der Waals surface area contributed by atoms with Gasteiger partial charge in [-0.1, -0.05) is 28.1 Å².